The molecule has 4 heterocycles. The number of fused-ring (bicyclic) bond motifs is 1. The monoisotopic (exact) mass is 493 g/mol. The van der Waals surface area contributed by atoms with Crippen molar-refractivity contribution >= 4 is 37.6 Å². The van der Waals surface area contributed by atoms with Crippen LogP contribution in [0.2, 0.25) is 0 Å². The van der Waals surface area contributed by atoms with E-state index in [0.717, 1.165) is 34.4 Å². The van der Waals surface area contributed by atoms with E-state index >= 15 is 0 Å². The van der Waals surface area contributed by atoms with E-state index in [9.17, 15) is 8.42 Å². The maximum atomic E-state index is 12.6. The predicted octanol–water partition coefficient (Wildman–Crippen LogP) is 2.48. The first kappa shape index (κ1) is 21.2. The third-order valence-electron chi connectivity index (χ3n) is 5.24. The second-order valence-corrected chi connectivity index (χ2v) is 10.5. The highest BCUT2D eigenvalue weighted by atomic mass is 79.9. The number of anilines is 1. The summed E-state index contributed by atoms with van der Waals surface area (Å²) in [5, 5.41) is 7.83. The van der Waals surface area contributed by atoms with Crippen molar-refractivity contribution in [2.24, 2.45) is 0 Å². The van der Waals surface area contributed by atoms with Gasteiger partial charge in [0.05, 0.1) is 16.4 Å². The summed E-state index contributed by atoms with van der Waals surface area (Å²) in [5.74, 6) is 0.816. The molecule has 0 aromatic carbocycles. The molecule has 160 valence electrons. The highest BCUT2D eigenvalue weighted by Crippen LogP contribution is 2.31. The van der Waals surface area contributed by atoms with Crippen molar-refractivity contribution in [3.8, 4) is 0 Å². The number of hydrogen-bond donors (Lipinski definition) is 1. The van der Waals surface area contributed by atoms with Crippen LogP contribution in [0.3, 0.4) is 0 Å². The Bertz CT molecular complexity index is 1130. The molecule has 1 aliphatic heterocycles. The summed E-state index contributed by atoms with van der Waals surface area (Å²) in [6.45, 7) is 1.54. The quantitative estimate of drug-likeness (QED) is 0.566. The normalized spacial score (nSPS) is 18.2. The number of pyridine rings is 1. The number of rotatable bonds is 6. The van der Waals surface area contributed by atoms with Gasteiger partial charge in [-0.15, -0.1) is 0 Å². The molecule has 1 aliphatic rings. The molecule has 9 nitrogen and oxygen atoms in total. The van der Waals surface area contributed by atoms with E-state index in [4.69, 9.17) is 4.98 Å². The molecule has 0 saturated carbocycles. The van der Waals surface area contributed by atoms with Crippen molar-refractivity contribution in [1.82, 2.24) is 28.2 Å². The fourth-order valence-electron chi connectivity index (χ4n) is 3.61. The molecule has 3 aromatic heterocycles. The van der Waals surface area contributed by atoms with Crippen molar-refractivity contribution in [3.63, 3.8) is 0 Å². The maximum absolute atomic E-state index is 12.6. The van der Waals surface area contributed by atoms with Gasteiger partial charge in [0.2, 0.25) is 0 Å². The van der Waals surface area contributed by atoms with E-state index in [2.05, 4.69) is 31.3 Å². The summed E-state index contributed by atoms with van der Waals surface area (Å²) < 4.78 is 30.6. The Kier molecular flexibility index (Phi) is 6.05. The van der Waals surface area contributed by atoms with Crippen LogP contribution in [0, 0.1) is 0 Å². The number of halogens is 1. The smallest absolute Gasteiger partial charge is 0.281 e. The Morgan fingerprint density at radius 2 is 2.17 bits per heavy atom. The van der Waals surface area contributed by atoms with Gasteiger partial charge < -0.3 is 5.32 Å². The van der Waals surface area contributed by atoms with Gasteiger partial charge in [0.25, 0.3) is 10.2 Å². The third kappa shape index (κ3) is 4.20. The van der Waals surface area contributed by atoms with E-state index in [1.807, 2.05) is 24.4 Å². The molecule has 11 heteroatoms. The minimum absolute atomic E-state index is 0.0132. The first-order chi connectivity index (χ1) is 14.4. The average Bonchev–Trinajstić information content (AvgIpc) is 3.13. The number of nitrogens with zero attached hydrogens (tertiary/aromatic N) is 6. The van der Waals surface area contributed by atoms with Gasteiger partial charge >= 0.3 is 0 Å². The molecule has 1 unspecified atom stereocenters. The predicted molar refractivity (Wildman–Crippen MR) is 118 cm³/mol. The molecule has 0 bridgehead atoms. The molecule has 0 aliphatic carbocycles. The first-order valence-electron chi connectivity index (χ1n) is 9.71. The number of nitrogens with one attached hydrogen (secondary N) is 1. The second-order valence-electron chi connectivity index (χ2n) is 7.50. The maximum Gasteiger partial charge on any atom is 0.281 e. The van der Waals surface area contributed by atoms with Crippen LogP contribution in [0.15, 0.2) is 41.3 Å². The molecular formula is C19H24BrN7O2S. The summed E-state index contributed by atoms with van der Waals surface area (Å²) in [6.07, 6.45) is 6.95. The van der Waals surface area contributed by atoms with Crippen molar-refractivity contribution in [2.45, 2.75) is 25.3 Å². The topological polar surface area (TPSA) is 95.7 Å². The van der Waals surface area contributed by atoms with Crippen molar-refractivity contribution in [2.75, 3.05) is 32.5 Å². The average molecular weight is 494 g/mol. The van der Waals surface area contributed by atoms with Crippen molar-refractivity contribution in [1.29, 1.82) is 0 Å². The highest BCUT2D eigenvalue weighted by molar-refractivity contribution is 9.10. The Balaban J connectivity index is 1.65. The Morgan fingerprint density at radius 1 is 1.33 bits per heavy atom. The van der Waals surface area contributed by atoms with E-state index in [1.54, 1.807) is 35.3 Å². The van der Waals surface area contributed by atoms with Gasteiger partial charge in [-0.3, -0.25) is 4.98 Å². The molecule has 0 spiro atoms. The number of aromatic nitrogens is 4. The van der Waals surface area contributed by atoms with Gasteiger partial charge in [0.15, 0.2) is 5.65 Å². The summed E-state index contributed by atoms with van der Waals surface area (Å²) in [6, 6.07) is 5.87. The zero-order valence-electron chi connectivity index (χ0n) is 16.9. The van der Waals surface area contributed by atoms with E-state index in [0.29, 0.717) is 25.3 Å². The van der Waals surface area contributed by atoms with Crippen molar-refractivity contribution < 1.29 is 8.42 Å². The summed E-state index contributed by atoms with van der Waals surface area (Å²) in [5.41, 5.74) is 2.61. The zero-order chi connectivity index (χ0) is 21.3. The molecule has 1 atom stereocenters. The molecular weight excluding hydrogens is 470 g/mol. The summed E-state index contributed by atoms with van der Waals surface area (Å²) in [7, 11) is -0.322. The third-order valence-corrected chi connectivity index (χ3v) is 7.70. The Labute approximate surface area is 184 Å². The first-order valence-corrected chi connectivity index (χ1v) is 11.9. The van der Waals surface area contributed by atoms with Crippen LogP contribution < -0.4 is 5.32 Å². The lowest BCUT2D eigenvalue weighted by Gasteiger charge is -2.33. The Morgan fingerprint density at radius 3 is 2.90 bits per heavy atom. The largest absolute Gasteiger partial charge is 0.366 e. The number of piperidine rings is 1. The van der Waals surface area contributed by atoms with Crippen LogP contribution in [-0.2, 0) is 16.8 Å². The standard InChI is InChI=1S/C19H24BrN7O2S/c1-25(2)30(28,29)26-8-4-6-15(13-26)17-9-18(22-11-14-5-3-7-21-10-14)27-19(24-17)16(20)12-23-27/h3,5,7,9-10,12,15,22H,4,6,8,11,13H2,1-2H3. The van der Waals surface area contributed by atoms with Crippen LogP contribution in [0.4, 0.5) is 5.82 Å². The lowest BCUT2D eigenvalue weighted by atomic mass is 9.96. The molecule has 30 heavy (non-hydrogen) atoms. The molecule has 3 aromatic rings. The summed E-state index contributed by atoms with van der Waals surface area (Å²) in [4.78, 5) is 8.95. The second kappa shape index (κ2) is 8.58. The fourth-order valence-corrected chi connectivity index (χ4v) is 5.15. The van der Waals surface area contributed by atoms with E-state index in [-0.39, 0.29) is 5.92 Å². The molecule has 4 rings (SSSR count). The minimum Gasteiger partial charge on any atom is -0.366 e. The SMILES string of the molecule is CN(C)S(=O)(=O)N1CCCC(c2cc(NCc3cccnc3)n3ncc(Br)c3n2)C1. The highest BCUT2D eigenvalue weighted by Gasteiger charge is 2.32. The zero-order valence-corrected chi connectivity index (χ0v) is 19.3. The van der Waals surface area contributed by atoms with Crippen LogP contribution >= 0.6 is 15.9 Å². The molecule has 1 fully saturated rings. The minimum atomic E-state index is -3.45. The molecule has 1 saturated heterocycles. The van der Waals surface area contributed by atoms with Gasteiger partial charge in [-0.2, -0.15) is 26.6 Å². The van der Waals surface area contributed by atoms with Crippen LogP contribution in [0.1, 0.15) is 30.0 Å². The molecule has 0 radical (unpaired) electrons. The van der Waals surface area contributed by atoms with Crippen molar-refractivity contribution in [3.05, 3.63) is 52.5 Å². The lowest BCUT2D eigenvalue weighted by Crippen LogP contribution is -2.45. The number of hydrogen-bond acceptors (Lipinski definition) is 6. The molecule has 0 amide bonds. The molecule has 1 N–H and O–H groups in total. The van der Waals surface area contributed by atoms with Crippen LogP contribution in [-0.4, -0.2) is 63.8 Å². The van der Waals surface area contributed by atoms with E-state index in [1.165, 1.54) is 4.31 Å². The fraction of sp³-hybridized carbons (Fsp3) is 0.421. The summed E-state index contributed by atoms with van der Waals surface area (Å²) >= 11 is 3.52. The van der Waals surface area contributed by atoms with E-state index < -0.39 is 10.2 Å². The van der Waals surface area contributed by atoms with Gasteiger partial charge in [-0.25, -0.2) is 4.98 Å². The van der Waals surface area contributed by atoms with Gasteiger partial charge in [-0.05, 0) is 40.4 Å². The van der Waals surface area contributed by atoms with Gasteiger partial charge in [0, 0.05) is 58.1 Å². The lowest BCUT2D eigenvalue weighted by molar-refractivity contribution is 0.296. The van der Waals surface area contributed by atoms with Gasteiger partial charge in [0.1, 0.15) is 5.82 Å². The van der Waals surface area contributed by atoms with Crippen LogP contribution in [0.5, 0.6) is 0 Å². The van der Waals surface area contributed by atoms with Gasteiger partial charge in [-0.1, -0.05) is 6.07 Å². The Hall–Kier alpha value is -2.08. The van der Waals surface area contributed by atoms with Crippen LogP contribution in [0.25, 0.3) is 5.65 Å².